The number of aromatic nitrogens is 3. The second-order valence-electron chi connectivity index (χ2n) is 7.55. The average molecular weight is 480 g/mol. The number of halogens is 3. The average Bonchev–Trinajstić information content (AvgIpc) is 2.81. The van der Waals surface area contributed by atoms with Gasteiger partial charge >= 0.3 is 6.18 Å². The van der Waals surface area contributed by atoms with E-state index in [0.717, 1.165) is 12.0 Å². The summed E-state index contributed by atoms with van der Waals surface area (Å²) in [7, 11) is 0. The Balaban J connectivity index is 1.40. The summed E-state index contributed by atoms with van der Waals surface area (Å²) in [5, 5.41) is 13.9. The van der Waals surface area contributed by atoms with Crippen LogP contribution < -0.4 is 15.2 Å². The largest absolute Gasteiger partial charge is 0.489 e. The molecule has 0 bridgehead atoms. The third kappa shape index (κ3) is 6.44. The molecule has 0 spiro atoms. The first-order valence-electron chi connectivity index (χ1n) is 10.5. The molecule has 0 radical (unpaired) electrons. The molecule has 13 heteroatoms. The van der Waals surface area contributed by atoms with E-state index in [1.165, 1.54) is 6.20 Å². The van der Waals surface area contributed by atoms with Gasteiger partial charge in [0.25, 0.3) is 5.56 Å². The van der Waals surface area contributed by atoms with Gasteiger partial charge in [-0.1, -0.05) is 0 Å². The lowest BCUT2D eigenvalue weighted by atomic mass is 10.2. The van der Waals surface area contributed by atoms with Crippen molar-refractivity contribution in [2.45, 2.75) is 25.6 Å². The molecule has 182 valence electrons. The van der Waals surface area contributed by atoms with E-state index >= 15 is 0 Å². The number of nitriles is 1. The SMILES string of the molecule is CC(CC(=O)N1CCN(c2ccc(C#N)cn2)CC1)OCCOc1cn[nH]c(=O)c1C(F)(F)F. The number of piperazine rings is 1. The van der Waals surface area contributed by atoms with Gasteiger partial charge in [-0.05, 0) is 19.1 Å². The van der Waals surface area contributed by atoms with Crippen LogP contribution in [0.4, 0.5) is 19.0 Å². The third-order valence-corrected chi connectivity index (χ3v) is 5.14. The zero-order valence-corrected chi connectivity index (χ0v) is 18.3. The van der Waals surface area contributed by atoms with Gasteiger partial charge in [-0.2, -0.15) is 23.5 Å². The van der Waals surface area contributed by atoms with Crippen molar-refractivity contribution in [2.75, 3.05) is 44.3 Å². The zero-order valence-electron chi connectivity index (χ0n) is 18.3. The fourth-order valence-electron chi connectivity index (χ4n) is 3.42. The van der Waals surface area contributed by atoms with E-state index in [2.05, 4.69) is 10.1 Å². The summed E-state index contributed by atoms with van der Waals surface area (Å²) in [4.78, 5) is 32.0. The van der Waals surface area contributed by atoms with E-state index in [9.17, 15) is 22.8 Å². The first-order chi connectivity index (χ1) is 16.2. The van der Waals surface area contributed by atoms with Crippen LogP contribution in [0.3, 0.4) is 0 Å². The van der Waals surface area contributed by atoms with Gasteiger partial charge in [0.15, 0.2) is 11.3 Å². The Hall–Kier alpha value is -3.66. The number of carbonyl (C=O) groups excluding carboxylic acids is 1. The van der Waals surface area contributed by atoms with E-state index in [1.807, 2.05) is 11.0 Å². The van der Waals surface area contributed by atoms with Gasteiger partial charge in [0.05, 0.1) is 30.9 Å². The number of amides is 1. The molecule has 1 unspecified atom stereocenters. The van der Waals surface area contributed by atoms with E-state index in [4.69, 9.17) is 14.7 Å². The smallest absolute Gasteiger partial charge is 0.425 e. The molecule has 3 rings (SSSR count). The second kappa shape index (κ2) is 11.0. The second-order valence-corrected chi connectivity index (χ2v) is 7.55. The van der Waals surface area contributed by atoms with Crippen molar-refractivity contribution in [1.29, 1.82) is 5.26 Å². The van der Waals surface area contributed by atoms with Crippen molar-refractivity contribution in [2.24, 2.45) is 0 Å². The number of nitrogens with zero attached hydrogens (tertiary/aromatic N) is 5. The van der Waals surface area contributed by atoms with Crippen LogP contribution in [-0.4, -0.2) is 71.5 Å². The highest BCUT2D eigenvalue weighted by Crippen LogP contribution is 2.32. The van der Waals surface area contributed by atoms with Crippen molar-refractivity contribution < 1.29 is 27.4 Å². The molecule has 1 atom stereocenters. The standard InChI is InChI=1S/C21H23F3N6O4/c1-14(33-8-9-34-16-13-27-28-20(32)19(16)21(22,23)24)10-18(31)30-6-4-29(5-7-30)17-3-2-15(11-25)12-26-17/h2-3,12-14H,4-10H2,1H3,(H,28,32). The maximum absolute atomic E-state index is 13.0. The number of anilines is 1. The lowest BCUT2D eigenvalue weighted by molar-refractivity contribution is -0.140. The summed E-state index contributed by atoms with van der Waals surface area (Å²) >= 11 is 0. The fraction of sp³-hybridized carbons (Fsp3) is 0.476. The number of alkyl halides is 3. The Morgan fingerprint density at radius 2 is 1.97 bits per heavy atom. The number of rotatable bonds is 8. The molecule has 0 aromatic carbocycles. The van der Waals surface area contributed by atoms with Crippen LogP contribution in [0.1, 0.15) is 24.5 Å². The zero-order chi connectivity index (χ0) is 24.7. The van der Waals surface area contributed by atoms with Crippen LogP contribution in [-0.2, 0) is 15.7 Å². The number of carbonyl (C=O) groups is 1. The van der Waals surface area contributed by atoms with Crippen molar-refractivity contribution in [1.82, 2.24) is 20.1 Å². The molecule has 1 N–H and O–H groups in total. The number of H-pyrrole nitrogens is 1. The molecule has 1 aliphatic heterocycles. The van der Waals surface area contributed by atoms with Crippen LogP contribution in [0.5, 0.6) is 5.75 Å². The predicted octanol–water partition coefficient (Wildman–Crippen LogP) is 1.58. The van der Waals surface area contributed by atoms with Crippen LogP contribution in [0, 0.1) is 11.3 Å². The predicted molar refractivity (Wildman–Crippen MR) is 113 cm³/mol. The summed E-state index contributed by atoms with van der Waals surface area (Å²) in [6, 6.07) is 5.48. The lowest BCUT2D eigenvalue weighted by Gasteiger charge is -2.35. The van der Waals surface area contributed by atoms with Gasteiger partial charge in [-0.15, -0.1) is 0 Å². The summed E-state index contributed by atoms with van der Waals surface area (Å²) < 4.78 is 49.5. The Morgan fingerprint density at radius 3 is 2.59 bits per heavy atom. The van der Waals surface area contributed by atoms with Crippen molar-refractivity contribution in [3.63, 3.8) is 0 Å². The Labute approximate surface area is 192 Å². The first kappa shape index (κ1) is 25.0. The highest BCUT2D eigenvalue weighted by atomic mass is 19.4. The minimum Gasteiger partial charge on any atom is -0.489 e. The summed E-state index contributed by atoms with van der Waals surface area (Å²) in [5.74, 6) is -0.0377. The number of hydrogen-bond acceptors (Lipinski definition) is 8. The highest BCUT2D eigenvalue weighted by molar-refractivity contribution is 5.77. The Bertz CT molecular complexity index is 1080. The lowest BCUT2D eigenvalue weighted by Crippen LogP contribution is -2.49. The van der Waals surface area contributed by atoms with Crippen LogP contribution in [0.2, 0.25) is 0 Å². The molecule has 34 heavy (non-hydrogen) atoms. The normalized spacial score (nSPS) is 15.0. The minimum atomic E-state index is -4.88. The molecule has 1 fully saturated rings. The van der Waals surface area contributed by atoms with E-state index in [1.54, 1.807) is 29.1 Å². The molecule has 2 aromatic rings. The van der Waals surface area contributed by atoms with Crippen molar-refractivity contribution in [3.8, 4) is 11.8 Å². The van der Waals surface area contributed by atoms with Crippen LogP contribution in [0.15, 0.2) is 29.3 Å². The molecule has 0 aliphatic carbocycles. The summed E-state index contributed by atoms with van der Waals surface area (Å²) in [5.41, 5.74) is -2.37. The molecule has 3 heterocycles. The van der Waals surface area contributed by atoms with E-state index in [0.29, 0.717) is 31.7 Å². The minimum absolute atomic E-state index is 0.0727. The fourth-order valence-corrected chi connectivity index (χ4v) is 3.42. The molecule has 2 aromatic heterocycles. The molecule has 10 nitrogen and oxygen atoms in total. The number of aromatic amines is 1. The van der Waals surface area contributed by atoms with Gasteiger partial charge < -0.3 is 19.3 Å². The summed E-state index contributed by atoms with van der Waals surface area (Å²) in [6.45, 7) is 3.57. The number of ether oxygens (including phenoxy) is 2. The van der Waals surface area contributed by atoms with Crippen LogP contribution in [0.25, 0.3) is 0 Å². The van der Waals surface area contributed by atoms with Crippen LogP contribution >= 0.6 is 0 Å². The molecule has 0 saturated carbocycles. The van der Waals surface area contributed by atoms with Gasteiger partial charge in [-0.3, -0.25) is 9.59 Å². The monoisotopic (exact) mass is 480 g/mol. The molecule has 1 amide bonds. The number of pyridine rings is 1. The van der Waals surface area contributed by atoms with Crippen molar-refractivity contribution in [3.05, 3.63) is 46.0 Å². The molecule has 1 saturated heterocycles. The van der Waals surface area contributed by atoms with Gasteiger partial charge in [0.1, 0.15) is 18.5 Å². The maximum Gasteiger partial charge on any atom is 0.425 e. The Morgan fingerprint density at radius 1 is 1.24 bits per heavy atom. The number of hydrogen-bond donors (Lipinski definition) is 1. The molecular formula is C21H23F3N6O4. The Kier molecular flexibility index (Phi) is 8.06. The van der Waals surface area contributed by atoms with E-state index < -0.39 is 29.2 Å². The van der Waals surface area contributed by atoms with Gasteiger partial charge in [0, 0.05) is 32.4 Å². The quantitative estimate of drug-likeness (QED) is 0.565. The van der Waals surface area contributed by atoms with E-state index in [-0.39, 0.29) is 25.5 Å². The molecule has 1 aliphatic rings. The topological polar surface area (TPSA) is 124 Å². The number of nitrogens with one attached hydrogen (secondary N) is 1. The maximum atomic E-state index is 13.0. The summed E-state index contributed by atoms with van der Waals surface area (Å²) in [6.07, 6.45) is -2.97. The first-order valence-corrected chi connectivity index (χ1v) is 10.5. The van der Waals surface area contributed by atoms with Crippen molar-refractivity contribution >= 4 is 11.7 Å². The van der Waals surface area contributed by atoms with Gasteiger partial charge in [-0.25, -0.2) is 10.1 Å². The van der Waals surface area contributed by atoms with Gasteiger partial charge in [0.2, 0.25) is 5.91 Å². The highest BCUT2D eigenvalue weighted by Gasteiger charge is 2.38. The third-order valence-electron chi connectivity index (χ3n) is 5.14. The molecular weight excluding hydrogens is 457 g/mol.